The zero-order chi connectivity index (χ0) is 22.9. The van der Waals surface area contributed by atoms with Gasteiger partial charge < -0.3 is 25.2 Å². The van der Waals surface area contributed by atoms with Crippen LogP contribution in [0.25, 0.3) is 22.3 Å². The molecule has 0 radical (unpaired) electrons. The maximum absolute atomic E-state index is 11.6. The van der Waals surface area contributed by atoms with Crippen molar-refractivity contribution in [3.63, 3.8) is 0 Å². The number of nitrogens with zero attached hydrogens (tertiary/aromatic N) is 3. The number of aryl methyl sites for hydroxylation is 1. The van der Waals surface area contributed by atoms with Crippen molar-refractivity contribution < 1.29 is 19.7 Å². The fraction of sp³-hybridized carbons (Fsp3) is 0.400. The van der Waals surface area contributed by atoms with E-state index in [0.717, 1.165) is 48.1 Å². The number of hydrogen-bond acceptors (Lipinski definition) is 6. The van der Waals surface area contributed by atoms with Gasteiger partial charge in [0.05, 0.1) is 29.8 Å². The molecule has 3 heterocycles. The van der Waals surface area contributed by atoms with E-state index in [1.807, 2.05) is 37.3 Å². The monoisotopic (exact) mass is 448 g/mol. The summed E-state index contributed by atoms with van der Waals surface area (Å²) in [5, 5.41) is 23.6. The molecule has 5 rings (SSSR count). The summed E-state index contributed by atoms with van der Waals surface area (Å²) in [6.07, 6.45) is 1.49. The van der Waals surface area contributed by atoms with Crippen LogP contribution in [0, 0.1) is 12.8 Å². The first kappa shape index (κ1) is 21.5. The van der Waals surface area contributed by atoms with Gasteiger partial charge in [-0.15, -0.1) is 0 Å². The first-order valence-corrected chi connectivity index (χ1v) is 11.4. The smallest absolute Gasteiger partial charge is 0.404 e. The van der Waals surface area contributed by atoms with Crippen LogP contribution in [-0.2, 0) is 4.74 Å². The number of rotatable bonds is 4. The Morgan fingerprint density at radius 3 is 2.79 bits per heavy atom. The van der Waals surface area contributed by atoms with Crippen LogP contribution in [0.15, 0.2) is 42.5 Å². The molecule has 3 unspecified atom stereocenters. The molecule has 8 heteroatoms. The number of phenolic OH excluding ortho intramolecular Hbond substituents is 1. The molecule has 3 aromatic rings. The minimum Gasteiger partial charge on any atom is -0.507 e. The van der Waals surface area contributed by atoms with Crippen molar-refractivity contribution in [1.82, 2.24) is 15.3 Å². The van der Waals surface area contributed by atoms with E-state index < -0.39 is 6.09 Å². The lowest BCUT2D eigenvalue weighted by atomic mass is 9.85. The molecule has 2 aromatic carbocycles. The normalized spacial score (nSPS) is 23.1. The lowest BCUT2D eigenvalue weighted by molar-refractivity contribution is 0.160. The Morgan fingerprint density at radius 2 is 2.03 bits per heavy atom. The number of phenols is 1. The van der Waals surface area contributed by atoms with Crippen LogP contribution in [0.2, 0.25) is 0 Å². The molecule has 3 N–H and O–H groups in total. The molecular weight excluding hydrogens is 420 g/mol. The highest BCUT2D eigenvalue weighted by Crippen LogP contribution is 2.37. The van der Waals surface area contributed by atoms with E-state index in [0.29, 0.717) is 24.6 Å². The molecule has 0 spiro atoms. The lowest BCUT2D eigenvalue weighted by Gasteiger charge is -2.45. The highest BCUT2D eigenvalue weighted by molar-refractivity contribution is 5.92. The van der Waals surface area contributed by atoms with Crippen molar-refractivity contribution in [1.29, 1.82) is 0 Å². The molecule has 3 atom stereocenters. The molecule has 33 heavy (non-hydrogen) atoms. The summed E-state index contributed by atoms with van der Waals surface area (Å²) in [4.78, 5) is 23.6. The Labute approximate surface area is 192 Å². The molecule has 172 valence electrons. The first-order chi connectivity index (χ1) is 16.0. The molecular formula is C25H28N4O4. The van der Waals surface area contributed by atoms with Gasteiger partial charge in [-0.2, -0.15) is 0 Å². The van der Waals surface area contributed by atoms with Crippen molar-refractivity contribution in [2.24, 2.45) is 5.92 Å². The summed E-state index contributed by atoms with van der Waals surface area (Å²) < 4.78 is 5.69. The van der Waals surface area contributed by atoms with Gasteiger partial charge in [0.25, 0.3) is 0 Å². The third-order valence-corrected chi connectivity index (χ3v) is 6.69. The second kappa shape index (κ2) is 8.86. The molecule has 2 aliphatic rings. The van der Waals surface area contributed by atoms with Gasteiger partial charge in [-0.3, -0.25) is 0 Å². The standard InChI is InChI=1S/C25H28N4O4/c1-15-8-9-17-20(13-15)26-23(18-5-2-3-7-21(18)30)28-24(17)29-11-4-6-19(27-25(31)32)22(29)16-10-12-33-14-16/h2-3,5,7-9,13,16,19,22,27,30H,4,6,10-12,14H2,1H3,(H,31,32). The quantitative estimate of drug-likeness (QED) is 0.555. The molecule has 1 amide bonds. The van der Waals surface area contributed by atoms with Gasteiger partial charge in [0.1, 0.15) is 11.6 Å². The number of carboxylic acid groups (broad SMARTS) is 1. The number of carbonyl (C=O) groups is 1. The minimum atomic E-state index is -1.01. The molecule has 8 nitrogen and oxygen atoms in total. The van der Waals surface area contributed by atoms with Crippen molar-refractivity contribution in [2.75, 3.05) is 24.7 Å². The largest absolute Gasteiger partial charge is 0.507 e. The third kappa shape index (κ3) is 4.18. The number of para-hydroxylation sites is 1. The van der Waals surface area contributed by atoms with Crippen LogP contribution < -0.4 is 10.2 Å². The zero-order valence-electron chi connectivity index (χ0n) is 18.6. The Hall–Kier alpha value is -3.39. The number of benzene rings is 2. The minimum absolute atomic E-state index is 0.0750. The number of nitrogens with one attached hydrogen (secondary N) is 1. The van der Waals surface area contributed by atoms with E-state index >= 15 is 0 Å². The average molecular weight is 449 g/mol. The number of amides is 1. The highest BCUT2D eigenvalue weighted by Gasteiger charge is 2.41. The van der Waals surface area contributed by atoms with Crippen LogP contribution in [-0.4, -0.2) is 58.1 Å². The fourth-order valence-corrected chi connectivity index (χ4v) is 5.21. The van der Waals surface area contributed by atoms with E-state index in [4.69, 9.17) is 14.7 Å². The maximum Gasteiger partial charge on any atom is 0.404 e. The van der Waals surface area contributed by atoms with Crippen LogP contribution in [0.5, 0.6) is 5.75 Å². The van der Waals surface area contributed by atoms with Crippen molar-refractivity contribution in [3.8, 4) is 17.1 Å². The van der Waals surface area contributed by atoms with Crippen LogP contribution in [0.3, 0.4) is 0 Å². The van der Waals surface area contributed by atoms with Gasteiger partial charge in [-0.05, 0) is 56.0 Å². The van der Waals surface area contributed by atoms with Gasteiger partial charge >= 0.3 is 6.09 Å². The van der Waals surface area contributed by atoms with Crippen molar-refractivity contribution in [2.45, 2.75) is 38.3 Å². The Bertz CT molecular complexity index is 1180. The Balaban J connectivity index is 1.68. The highest BCUT2D eigenvalue weighted by atomic mass is 16.5. The number of piperidine rings is 1. The molecule has 2 saturated heterocycles. The molecule has 2 aliphatic heterocycles. The Morgan fingerprint density at radius 1 is 1.18 bits per heavy atom. The Kier molecular flexibility index (Phi) is 5.76. The molecule has 0 bridgehead atoms. The van der Waals surface area contributed by atoms with Crippen LogP contribution >= 0.6 is 0 Å². The van der Waals surface area contributed by atoms with Gasteiger partial charge in [-0.25, -0.2) is 14.8 Å². The van der Waals surface area contributed by atoms with E-state index in [1.54, 1.807) is 12.1 Å². The number of hydrogen-bond donors (Lipinski definition) is 3. The number of fused-ring (bicyclic) bond motifs is 1. The molecule has 0 aliphatic carbocycles. The summed E-state index contributed by atoms with van der Waals surface area (Å²) in [6.45, 7) is 4.07. The van der Waals surface area contributed by atoms with Gasteiger partial charge in [-0.1, -0.05) is 18.2 Å². The van der Waals surface area contributed by atoms with E-state index in [2.05, 4.69) is 10.2 Å². The average Bonchev–Trinajstić information content (AvgIpc) is 3.32. The van der Waals surface area contributed by atoms with Crippen molar-refractivity contribution >= 4 is 22.8 Å². The second-order valence-electron chi connectivity index (χ2n) is 8.91. The number of ether oxygens (including phenoxy) is 1. The van der Waals surface area contributed by atoms with Crippen molar-refractivity contribution in [3.05, 3.63) is 48.0 Å². The van der Waals surface area contributed by atoms with Gasteiger partial charge in [0.2, 0.25) is 0 Å². The SMILES string of the molecule is Cc1ccc2c(N3CCCC(NC(=O)O)C3C3CCOC3)nc(-c3ccccc3O)nc2c1. The van der Waals surface area contributed by atoms with Crippen LogP contribution in [0.4, 0.5) is 10.6 Å². The summed E-state index contributed by atoms with van der Waals surface area (Å²) in [7, 11) is 0. The van der Waals surface area contributed by atoms with E-state index in [9.17, 15) is 15.0 Å². The van der Waals surface area contributed by atoms with Gasteiger partial charge in [0, 0.05) is 24.5 Å². The molecule has 0 saturated carbocycles. The molecule has 1 aromatic heterocycles. The maximum atomic E-state index is 11.6. The van der Waals surface area contributed by atoms with E-state index in [-0.39, 0.29) is 23.8 Å². The predicted octanol–water partition coefficient (Wildman–Crippen LogP) is 3.95. The second-order valence-corrected chi connectivity index (χ2v) is 8.91. The summed E-state index contributed by atoms with van der Waals surface area (Å²) in [5.74, 6) is 1.55. The van der Waals surface area contributed by atoms with Crippen LogP contribution in [0.1, 0.15) is 24.8 Å². The summed E-state index contributed by atoms with van der Waals surface area (Å²) in [6, 6.07) is 12.9. The van der Waals surface area contributed by atoms with Gasteiger partial charge in [0.15, 0.2) is 5.82 Å². The summed E-state index contributed by atoms with van der Waals surface area (Å²) in [5.41, 5.74) is 2.45. The molecule has 2 fully saturated rings. The fourth-order valence-electron chi connectivity index (χ4n) is 5.21. The number of aromatic nitrogens is 2. The predicted molar refractivity (Wildman–Crippen MR) is 126 cm³/mol. The zero-order valence-corrected chi connectivity index (χ0v) is 18.6. The number of anilines is 1. The lowest BCUT2D eigenvalue weighted by Crippen LogP contribution is -2.59. The first-order valence-electron chi connectivity index (χ1n) is 11.4. The van der Waals surface area contributed by atoms with E-state index in [1.165, 1.54) is 0 Å². The topological polar surface area (TPSA) is 108 Å². The number of aromatic hydroxyl groups is 1. The summed E-state index contributed by atoms with van der Waals surface area (Å²) >= 11 is 0. The third-order valence-electron chi connectivity index (χ3n) is 6.69.